The minimum atomic E-state index is -0.329. The van der Waals surface area contributed by atoms with Crippen LogP contribution in [0.3, 0.4) is 0 Å². The van der Waals surface area contributed by atoms with Gasteiger partial charge in [-0.3, -0.25) is 14.2 Å². The topological polar surface area (TPSA) is 77.1 Å². The average Bonchev–Trinajstić information content (AvgIpc) is 3.10. The molecular weight excluding hydrogens is 330 g/mol. The fraction of sp³-hybridized carbons (Fsp3) is 0.118. The predicted octanol–water partition coefficient (Wildman–Crippen LogP) is 2.47. The van der Waals surface area contributed by atoms with E-state index in [0.717, 1.165) is 5.56 Å². The molecule has 0 aliphatic rings. The molecule has 0 unspecified atom stereocenters. The summed E-state index contributed by atoms with van der Waals surface area (Å²) in [5.74, 6) is 0.201. The van der Waals surface area contributed by atoms with E-state index in [1.165, 1.54) is 23.2 Å². The molecule has 1 aromatic carbocycles. The van der Waals surface area contributed by atoms with Crippen molar-refractivity contribution in [3.05, 3.63) is 76.0 Å². The molecule has 3 rings (SSSR count). The first-order valence-electron chi connectivity index (χ1n) is 7.24. The first-order chi connectivity index (χ1) is 11.6. The van der Waals surface area contributed by atoms with Gasteiger partial charge in [-0.1, -0.05) is 29.8 Å². The van der Waals surface area contributed by atoms with E-state index in [-0.39, 0.29) is 18.0 Å². The van der Waals surface area contributed by atoms with E-state index in [2.05, 4.69) is 10.3 Å². The number of hydrogen-bond acceptors (Lipinski definition) is 4. The summed E-state index contributed by atoms with van der Waals surface area (Å²) >= 11 is 6.03. The van der Waals surface area contributed by atoms with Crippen LogP contribution in [0, 0.1) is 0 Å². The Hall–Kier alpha value is -2.86. The molecule has 0 aliphatic heterocycles. The van der Waals surface area contributed by atoms with Crippen molar-refractivity contribution in [3.63, 3.8) is 0 Å². The van der Waals surface area contributed by atoms with E-state index in [4.69, 9.17) is 16.0 Å². The summed E-state index contributed by atoms with van der Waals surface area (Å²) in [5, 5.41) is 3.31. The highest BCUT2D eigenvalue weighted by Gasteiger charge is 2.09. The van der Waals surface area contributed by atoms with Gasteiger partial charge in [0.25, 0.3) is 5.56 Å². The first-order valence-corrected chi connectivity index (χ1v) is 7.62. The van der Waals surface area contributed by atoms with E-state index < -0.39 is 0 Å². The van der Waals surface area contributed by atoms with Crippen molar-refractivity contribution in [2.75, 3.05) is 0 Å². The van der Waals surface area contributed by atoms with Crippen LogP contribution in [0.5, 0.6) is 0 Å². The van der Waals surface area contributed by atoms with E-state index in [1.807, 2.05) is 18.2 Å². The molecule has 0 atom stereocenters. The van der Waals surface area contributed by atoms with Crippen LogP contribution in [0.25, 0.3) is 11.5 Å². The number of carbonyl (C=O) groups is 1. The molecule has 7 heteroatoms. The first kappa shape index (κ1) is 16.0. The van der Waals surface area contributed by atoms with Gasteiger partial charge in [0.1, 0.15) is 12.2 Å². The highest BCUT2D eigenvalue weighted by atomic mass is 35.5. The van der Waals surface area contributed by atoms with Gasteiger partial charge in [0.2, 0.25) is 5.91 Å². The summed E-state index contributed by atoms with van der Waals surface area (Å²) in [6, 6.07) is 12.0. The third-order valence-corrected chi connectivity index (χ3v) is 3.77. The molecule has 0 radical (unpaired) electrons. The fourth-order valence-electron chi connectivity index (χ4n) is 2.15. The van der Waals surface area contributed by atoms with Crippen LogP contribution in [0.2, 0.25) is 5.02 Å². The smallest absolute Gasteiger partial charge is 0.254 e. The zero-order valence-corrected chi connectivity index (χ0v) is 13.4. The third kappa shape index (κ3) is 3.72. The van der Waals surface area contributed by atoms with Crippen molar-refractivity contribution >= 4 is 17.5 Å². The Labute approximate surface area is 142 Å². The minimum absolute atomic E-state index is 0.116. The molecule has 6 nitrogen and oxygen atoms in total. The van der Waals surface area contributed by atoms with Gasteiger partial charge in [0.15, 0.2) is 5.76 Å². The Morgan fingerprint density at radius 1 is 1.25 bits per heavy atom. The largest absolute Gasteiger partial charge is 0.463 e. The number of halogens is 1. The van der Waals surface area contributed by atoms with Crippen molar-refractivity contribution in [1.82, 2.24) is 14.9 Å². The van der Waals surface area contributed by atoms with Crippen molar-refractivity contribution in [2.24, 2.45) is 0 Å². The highest BCUT2D eigenvalue weighted by molar-refractivity contribution is 6.31. The Morgan fingerprint density at radius 2 is 2.08 bits per heavy atom. The minimum Gasteiger partial charge on any atom is -0.463 e. The lowest BCUT2D eigenvalue weighted by molar-refractivity contribution is -0.121. The molecule has 2 heterocycles. The van der Waals surface area contributed by atoms with Gasteiger partial charge in [-0.2, -0.15) is 0 Å². The number of nitrogens with zero attached hydrogens (tertiary/aromatic N) is 2. The summed E-state index contributed by atoms with van der Waals surface area (Å²) in [7, 11) is 0. The second-order valence-corrected chi connectivity index (χ2v) is 5.49. The van der Waals surface area contributed by atoms with E-state index in [9.17, 15) is 9.59 Å². The number of amides is 1. The maximum atomic E-state index is 12.1. The number of benzene rings is 1. The summed E-state index contributed by atoms with van der Waals surface area (Å²) < 4.78 is 6.42. The second-order valence-electron chi connectivity index (χ2n) is 5.09. The quantitative estimate of drug-likeness (QED) is 0.772. The molecule has 0 bridgehead atoms. The summed E-state index contributed by atoms with van der Waals surface area (Å²) in [4.78, 5) is 28.2. The second kappa shape index (κ2) is 7.14. The Balaban J connectivity index is 1.64. The van der Waals surface area contributed by atoms with Gasteiger partial charge >= 0.3 is 0 Å². The lowest BCUT2D eigenvalue weighted by Crippen LogP contribution is -2.32. The molecule has 24 heavy (non-hydrogen) atoms. The molecular formula is C17H14ClN3O3. The standard InChI is InChI=1S/C17H14ClN3O3/c18-13-5-2-1-4-12(13)9-19-16(22)10-21-11-20-14(8-17(21)23)15-6-3-7-24-15/h1-8,11H,9-10H2,(H,19,22). The van der Waals surface area contributed by atoms with Crippen LogP contribution in [-0.2, 0) is 17.9 Å². The maximum Gasteiger partial charge on any atom is 0.254 e. The van der Waals surface area contributed by atoms with Gasteiger partial charge < -0.3 is 9.73 Å². The van der Waals surface area contributed by atoms with E-state index in [0.29, 0.717) is 23.0 Å². The number of rotatable bonds is 5. The Kier molecular flexibility index (Phi) is 4.77. The monoisotopic (exact) mass is 343 g/mol. The van der Waals surface area contributed by atoms with Crippen LogP contribution in [0.1, 0.15) is 5.56 Å². The molecule has 0 spiro atoms. The van der Waals surface area contributed by atoms with Gasteiger partial charge in [-0.05, 0) is 23.8 Å². The summed E-state index contributed by atoms with van der Waals surface area (Å²) in [5.41, 5.74) is 0.910. The Bertz CT molecular complexity index is 903. The van der Waals surface area contributed by atoms with Crippen LogP contribution >= 0.6 is 11.6 Å². The van der Waals surface area contributed by atoms with Crippen LogP contribution in [-0.4, -0.2) is 15.5 Å². The molecule has 3 aromatic rings. The number of carbonyl (C=O) groups excluding carboxylic acids is 1. The SMILES string of the molecule is O=C(Cn1cnc(-c2ccco2)cc1=O)NCc1ccccc1Cl. The van der Waals surface area contributed by atoms with Gasteiger partial charge in [0, 0.05) is 17.6 Å². The van der Waals surface area contributed by atoms with Gasteiger partial charge in [0.05, 0.1) is 12.6 Å². The molecule has 0 saturated heterocycles. The van der Waals surface area contributed by atoms with Gasteiger partial charge in [-0.15, -0.1) is 0 Å². The van der Waals surface area contributed by atoms with Crippen molar-refractivity contribution < 1.29 is 9.21 Å². The number of aromatic nitrogens is 2. The lowest BCUT2D eigenvalue weighted by Gasteiger charge is -2.08. The zero-order valence-electron chi connectivity index (χ0n) is 12.6. The lowest BCUT2D eigenvalue weighted by atomic mass is 10.2. The summed E-state index contributed by atoms with van der Waals surface area (Å²) in [6.07, 6.45) is 2.83. The predicted molar refractivity (Wildman–Crippen MR) is 89.5 cm³/mol. The molecule has 0 aliphatic carbocycles. The molecule has 2 aromatic heterocycles. The number of hydrogen-bond donors (Lipinski definition) is 1. The Morgan fingerprint density at radius 3 is 2.79 bits per heavy atom. The summed E-state index contributed by atoms with van der Waals surface area (Å²) in [6.45, 7) is 0.180. The maximum absolute atomic E-state index is 12.1. The van der Waals surface area contributed by atoms with Crippen LogP contribution in [0.15, 0.2) is 64.3 Å². The molecule has 1 N–H and O–H groups in total. The number of furan rings is 1. The zero-order chi connectivity index (χ0) is 16.9. The molecule has 122 valence electrons. The third-order valence-electron chi connectivity index (χ3n) is 3.40. The molecule has 0 saturated carbocycles. The van der Waals surface area contributed by atoms with Crippen LogP contribution in [0.4, 0.5) is 0 Å². The molecule has 1 amide bonds. The van der Waals surface area contributed by atoms with E-state index >= 15 is 0 Å². The van der Waals surface area contributed by atoms with Crippen molar-refractivity contribution in [1.29, 1.82) is 0 Å². The number of nitrogens with one attached hydrogen (secondary N) is 1. The average molecular weight is 344 g/mol. The van der Waals surface area contributed by atoms with Crippen molar-refractivity contribution in [3.8, 4) is 11.5 Å². The molecule has 0 fully saturated rings. The highest BCUT2D eigenvalue weighted by Crippen LogP contribution is 2.15. The van der Waals surface area contributed by atoms with Gasteiger partial charge in [-0.25, -0.2) is 4.98 Å². The van der Waals surface area contributed by atoms with Crippen LogP contribution < -0.4 is 10.9 Å². The van der Waals surface area contributed by atoms with Crippen molar-refractivity contribution in [2.45, 2.75) is 13.1 Å². The fourth-order valence-corrected chi connectivity index (χ4v) is 2.35. The van der Waals surface area contributed by atoms with E-state index in [1.54, 1.807) is 18.2 Å². The normalized spacial score (nSPS) is 10.5.